The lowest BCUT2D eigenvalue weighted by molar-refractivity contribution is 0.246. The molecule has 4 rings (SSSR count). The van der Waals surface area contributed by atoms with Crippen LogP contribution >= 0.6 is 11.3 Å². The highest BCUT2D eigenvalue weighted by Crippen LogP contribution is 2.30. The second-order valence-electron chi connectivity index (χ2n) is 6.19. The van der Waals surface area contributed by atoms with Crippen molar-refractivity contribution in [2.45, 2.75) is 18.9 Å². The van der Waals surface area contributed by atoms with E-state index in [1.54, 1.807) is 11.3 Å². The normalized spacial score (nSPS) is 15.3. The summed E-state index contributed by atoms with van der Waals surface area (Å²) in [6.45, 7) is 1.83. The number of hydrogen-bond acceptors (Lipinski definition) is 4. The minimum atomic E-state index is -0.135. The summed E-state index contributed by atoms with van der Waals surface area (Å²) in [5.74, 6) is 0. The number of carbonyl (C=O) groups is 1. The maximum Gasteiger partial charge on any atom is 0.319 e. The number of thiazole rings is 1. The van der Waals surface area contributed by atoms with Gasteiger partial charge in [-0.3, -0.25) is 0 Å². The number of benzene rings is 2. The number of anilines is 2. The topological polar surface area (TPSA) is 57.3 Å². The number of carbonyl (C=O) groups excluding carboxylic acids is 1. The molecule has 0 spiro atoms. The standard InChI is InChI=1S/C19H20N4OS/c24-18(20-14-6-2-1-3-7-14)21-15-10-12-23(13-11-15)19-22-16-8-4-5-9-17(16)25-19/h1-9,15H,10-13H2,(H2,20,21,24). The molecule has 2 heterocycles. The van der Waals surface area contributed by atoms with Crippen molar-refractivity contribution in [2.75, 3.05) is 23.3 Å². The first-order valence-electron chi connectivity index (χ1n) is 8.51. The van der Waals surface area contributed by atoms with Crippen molar-refractivity contribution in [1.29, 1.82) is 0 Å². The SMILES string of the molecule is O=C(Nc1ccccc1)NC1CCN(c2nc3ccccc3s2)CC1. The first kappa shape index (κ1) is 15.9. The predicted molar refractivity (Wildman–Crippen MR) is 103 cm³/mol. The van der Waals surface area contributed by atoms with Gasteiger partial charge in [-0.2, -0.15) is 0 Å². The van der Waals surface area contributed by atoms with Crippen LogP contribution in [0.3, 0.4) is 0 Å². The first-order chi connectivity index (χ1) is 12.3. The summed E-state index contributed by atoms with van der Waals surface area (Å²) < 4.78 is 1.22. The van der Waals surface area contributed by atoms with Gasteiger partial charge in [0.05, 0.1) is 10.2 Å². The highest BCUT2D eigenvalue weighted by Gasteiger charge is 2.22. The molecular weight excluding hydrogens is 332 g/mol. The van der Waals surface area contributed by atoms with Crippen molar-refractivity contribution in [1.82, 2.24) is 10.3 Å². The molecule has 128 valence electrons. The molecule has 6 heteroatoms. The molecule has 0 aliphatic carbocycles. The number of nitrogens with one attached hydrogen (secondary N) is 2. The second kappa shape index (κ2) is 7.11. The van der Waals surface area contributed by atoms with E-state index in [0.29, 0.717) is 0 Å². The Morgan fingerprint density at radius 1 is 1.04 bits per heavy atom. The molecule has 1 aromatic heterocycles. The average Bonchev–Trinajstić information content (AvgIpc) is 3.07. The van der Waals surface area contributed by atoms with Crippen molar-refractivity contribution >= 4 is 38.4 Å². The van der Waals surface area contributed by atoms with Gasteiger partial charge in [0.15, 0.2) is 5.13 Å². The van der Waals surface area contributed by atoms with Gasteiger partial charge >= 0.3 is 6.03 Å². The number of hydrogen-bond donors (Lipinski definition) is 2. The molecule has 2 amide bonds. The summed E-state index contributed by atoms with van der Waals surface area (Å²) in [7, 11) is 0. The number of nitrogens with zero attached hydrogens (tertiary/aromatic N) is 2. The average molecular weight is 352 g/mol. The molecule has 25 heavy (non-hydrogen) atoms. The third-order valence-corrected chi connectivity index (χ3v) is 5.51. The third kappa shape index (κ3) is 3.74. The second-order valence-corrected chi connectivity index (χ2v) is 7.20. The van der Waals surface area contributed by atoms with Gasteiger partial charge in [0.1, 0.15) is 0 Å². The van der Waals surface area contributed by atoms with Crippen LogP contribution in [0.15, 0.2) is 54.6 Å². The van der Waals surface area contributed by atoms with Crippen molar-refractivity contribution in [3.05, 3.63) is 54.6 Å². The summed E-state index contributed by atoms with van der Waals surface area (Å²) in [5.41, 5.74) is 1.87. The number of para-hydroxylation sites is 2. The Bertz CT molecular complexity index is 823. The molecule has 0 bridgehead atoms. The summed E-state index contributed by atoms with van der Waals surface area (Å²) in [5, 5.41) is 7.03. The van der Waals surface area contributed by atoms with Crippen LogP contribution in [0.2, 0.25) is 0 Å². The quantitative estimate of drug-likeness (QED) is 0.746. The fraction of sp³-hybridized carbons (Fsp3) is 0.263. The lowest BCUT2D eigenvalue weighted by atomic mass is 10.1. The molecule has 1 fully saturated rings. The van der Waals surface area contributed by atoms with Crippen LogP contribution in [0.5, 0.6) is 0 Å². The Kier molecular flexibility index (Phi) is 4.52. The molecule has 0 unspecified atom stereocenters. The Labute approximate surface area is 150 Å². The van der Waals surface area contributed by atoms with Gasteiger partial charge in [0, 0.05) is 24.8 Å². The lowest BCUT2D eigenvalue weighted by Crippen LogP contribution is -2.46. The van der Waals surface area contributed by atoms with Crippen LogP contribution in [0.1, 0.15) is 12.8 Å². The van der Waals surface area contributed by atoms with Crippen LogP contribution in [-0.2, 0) is 0 Å². The van der Waals surface area contributed by atoms with Crippen LogP contribution in [0.4, 0.5) is 15.6 Å². The highest BCUT2D eigenvalue weighted by molar-refractivity contribution is 7.22. The van der Waals surface area contributed by atoms with Gasteiger partial charge < -0.3 is 15.5 Å². The van der Waals surface area contributed by atoms with Gasteiger partial charge in [-0.25, -0.2) is 9.78 Å². The van der Waals surface area contributed by atoms with E-state index in [-0.39, 0.29) is 12.1 Å². The van der Waals surface area contributed by atoms with E-state index in [2.05, 4.69) is 27.7 Å². The smallest absolute Gasteiger partial charge is 0.319 e. The maximum atomic E-state index is 12.1. The third-order valence-electron chi connectivity index (χ3n) is 4.41. The van der Waals surface area contributed by atoms with Gasteiger partial charge in [0.25, 0.3) is 0 Å². The van der Waals surface area contributed by atoms with Crippen LogP contribution in [0.25, 0.3) is 10.2 Å². The van der Waals surface area contributed by atoms with E-state index in [9.17, 15) is 4.79 Å². The van der Waals surface area contributed by atoms with Crippen molar-refractivity contribution in [2.24, 2.45) is 0 Å². The molecule has 2 N–H and O–H groups in total. The van der Waals surface area contributed by atoms with E-state index >= 15 is 0 Å². The molecule has 0 radical (unpaired) electrons. The van der Waals surface area contributed by atoms with Gasteiger partial charge in [-0.15, -0.1) is 0 Å². The zero-order valence-corrected chi connectivity index (χ0v) is 14.6. The number of piperidine rings is 1. The Morgan fingerprint density at radius 2 is 1.76 bits per heavy atom. The zero-order valence-electron chi connectivity index (χ0n) is 13.8. The first-order valence-corrected chi connectivity index (χ1v) is 9.33. The number of rotatable bonds is 3. The lowest BCUT2D eigenvalue weighted by Gasteiger charge is -2.32. The van der Waals surface area contributed by atoms with Crippen LogP contribution in [0, 0.1) is 0 Å². The summed E-state index contributed by atoms with van der Waals surface area (Å²) in [6.07, 6.45) is 1.86. The Hall–Kier alpha value is -2.60. The fourth-order valence-corrected chi connectivity index (χ4v) is 4.10. The van der Waals surface area contributed by atoms with E-state index < -0.39 is 0 Å². The predicted octanol–water partition coefficient (Wildman–Crippen LogP) is 4.09. The number of aromatic nitrogens is 1. The molecule has 5 nitrogen and oxygen atoms in total. The van der Waals surface area contributed by atoms with Gasteiger partial charge in [-0.1, -0.05) is 41.7 Å². The van der Waals surface area contributed by atoms with Crippen LogP contribution in [-0.4, -0.2) is 30.1 Å². The van der Waals surface area contributed by atoms with E-state index in [1.807, 2.05) is 42.5 Å². The summed E-state index contributed by atoms with van der Waals surface area (Å²) in [4.78, 5) is 19.1. The maximum absolute atomic E-state index is 12.1. The summed E-state index contributed by atoms with van der Waals surface area (Å²) in [6, 6.07) is 17.8. The summed E-state index contributed by atoms with van der Waals surface area (Å²) >= 11 is 1.74. The molecule has 1 aliphatic rings. The van der Waals surface area contributed by atoms with Crippen molar-refractivity contribution in [3.8, 4) is 0 Å². The molecular formula is C19H20N4OS. The Balaban J connectivity index is 1.31. The van der Waals surface area contributed by atoms with Crippen molar-refractivity contribution in [3.63, 3.8) is 0 Å². The molecule has 3 aromatic rings. The van der Waals surface area contributed by atoms with E-state index in [4.69, 9.17) is 4.98 Å². The molecule has 2 aromatic carbocycles. The fourth-order valence-electron chi connectivity index (χ4n) is 3.08. The highest BCUT2D eigenvalue weighted by atomic mass is 32.1. The number of urea groups is 1. The van der Waals surface area contributed by atoms with Gasteiger partial charge in [-0.05, 0) is 37.1 Å². The van der Waals surface area contributed by atoms with E-state index in [1.165, 1.54) is 4.70 Å². The number of amides is 2. The zero-order chi connectivity index (χ0) is 17.1. The Morgan fingerprint density at radius 3 is 2.52 bits per heavy atom. The molecule has 1 aliphatic heterocycles. The molecule has 0 saturated carbocycles. The van der Waals surface area contributed by atoms with Gasteiger partial charge in [0.2, 0.25) is 0 Å². The monoisotopic (exact) mass is 352 g/mol. The largest absolute Gasteiger partial charge is 0.348 e. The van der Waals surface area contributed by atoms with Crippen molar-refractivity contribution < 1.29 is 4.79 Å². The van der Waals surface area contributed by atoms with Crippen LogP contribution < -0.4 is 15.5 Å². The minimum Gasteiger partial charge on any atom is -0.348 e. The number of fused-ring (bicyclic) bond motifs is 1. The molecule has 0 atom stereocenters. The minimum absolute atomic E-state index is 0.135. The molecule has 1 saturated heterocycles. The van der Waals surface area contributed by atoms with E-state index in [0.717, 1.165) is 42.3 Å².